The second kappa shape index (κ2) is 6.83. The van der Waals surface area contributed by atoms with Crippen LogP contribution in [0.5, 0.6) is 0 Å². The predicted octanol–water partition coefficient (Wildman–Crippen LogP) is 2.99. The van der Waals surface area contributed by atoms with Gasteiger partial charge in [-0.15, -0.1) is 0 Å². The van der Waals surface area contributed by atoms with Gasteiger partial charge in [0.2, 0.25) is 5.89 Å². The molecule has 0 aliphatic carbocycles. The highest BCUT2D eigenvalue weighted by Gasteiger charge is 2.22. The molecule has 0 spiro atoms. The maximum Gasteiger partial charge on any atom is 0.209 e. The fourth-order valence-electron chi connectivity index (χ4n) is 2.99. The first kappa shape index (κ1) is 16.6. The number of oxazole rings is 1. The molecule has 3 heterocycles. The number of aryl methyl sites for hydroxylation is 1. The Hall–Kier alpha value is -1.81. The average molecular weight is 453 g/mol. The fraction of sp³-hybridized carbons (Fsp3) is 0.353. The second-order valence-corrected chi connectivity index (χ2v) is 7.16. The molecule has 0 atom stereocenters. The van der Waals surface area contributed by atoms with Crippen molar-refractivity contribution in [1.29, 1.82) is 0 Å². The van der Waals surface area contributed by atoms with Gasteiger partial charge in [-0.25, -0.2) is 19.3 Å². The smallest absolute Gasteiger partial charge is 0.209 e. The van der Waals surface area contributed by atoms with E-state index < -0.39 is 0 Å². The van der Waals surface area contributed by atoms with Crippen molar-refractivity contribution < 1.29 is 8.81 Å². The molecule has 1 aliphatic heterocycles. The van der Waals surface area contributed by atoms with E-state index in [9.17, 15) is 4.39 Å². The van der Waals surface area contributed by atoms with Gasteiger partial charge in [0.15, 0.2) is 5.58 Å². The summed E-state index contributed by atoms with van der Waals surface area (Å²) in [6, 6.07) is 4.43. The van der Waals surface area contributed by atoms with E-state index in [-0.39, 0.29) is 5.82 Å². The highest BCUT2D eigenvalue weighted by Crippen LogP contribution is 2.23. The van der Waals surface area contributed by atoms with Gasteiger partial charge in [-0.2, -0.15) is 0 Å². The molecule has 2 aromatic heterocycles. The third kappa shape index (κ3) is 3.45. The van der Waals surface area contributed by atoms with Gasteiger partial charge in [-0.1, -0.05) is 0 Å². The lowest BCUT2D eigenvalue weighted by Gasteiger charge is -2.35. The number of hydrogen-bond donors (Lipinski definition) is 0. The number of halogens is 2. The summed E-state index contributed by atoms with van der Waals surface area (Å²) in [5, 5.41) is 0. The Morgan fingerprint density at radius 3 is 2.80 bits per heavy atom. The van der Waals surface area contributed by atoms with Crippen LogP contribution >= 0.6 is 22.6 Å². The molecule has 0 N–H and O–H groups in total. The van der Waals surface area contributed by atoms with Crippen LogP contribution in [0.4, 0.5) is 10.2 Å². The van der Waals surface area contributed by atoms with Crippen LogP contribution in [-0.2, 0) is 6.54 Å². The van der Waals surface area contributed by atoms with Gasteiger partial charge >= 0.3 is 0 Å². The monoisotopic (exact) mass is 453 g/mol. The number of aromatic nitrogens is 3. The largest absolute Gasteiger partial charge is 0.439 e. The number of nitrogens with zero attached hydrogens (tertiary/aromatic N) is 5. The average Bonchev–Trinajstić information content (AvgIpc) is 2.99. The molecule has 0 amide bonds. The summed E-state index contributed by atoms with van der Waals surface area (Å²) in [7, 11) is 0. The highest BCUT2D eigenvalue weighted by molar-refractivity contribution is 14.1. The normalized spacial score (nSPS) is 15.9. The van der Waals surface area contributed by atoms with E-state index in [0.717, 1.165) is 41.3 Å². The number of anilines is 1. The Morgan fingerprint density at radius 1 is 1.20 bits per heavy atom. The third-order valence-electron chi connectivity index (χ3n) is 4.37. The Balaban J connectivity index is 1.42. The van der Waals surface area contributed by atoms with Crippen LogP contribution in [0.3, 0.4) is 0 Å². The van der Waals surface area contributed by atoms with Crippen molar-refractivity contribution in [2.45, 2.75) is 13.5 Å². The summed E-state index contributed by atoms with van der Waals surface area (Å²) in [5.74, 6) is 1.32. The predicted molar refractivity (Wildman–Crippen MR) is 101 cm³/mol. The minimum Gasteiger partial charge on any atom is -0.439 e. The molecule has 0 bridgehead atoms. The van der Waals surface area contributed by atoms with E-state index >= 15 is 0 Å². The molecule has 3 aromatic rings. The van der Waals surface area contributed by atoms with E-state index in [1.165, 1.54) is 12.1 Å². The number of benzene rings is 1. The van der Waals surface area contributed by atoms with Crippen LogP contribution in [0.15, 0.2) is 28.9 Å². The van der Waals surface area contributed by atoms with Crippen molar-refractivity contribution >= 4 is 39.5 Å². The molecule has 25 heavy (non-hydrogen) atoms. The van der Waals surface area contributed by atoms with Crippen molar-refractivity contribution in [3.8, 4) is 0 Å². The zero-order chi connectivity index (χ0) is 17.4. The van der Waals surface area contributed by atoms with Gasteiger partial charge in [0, 0.05) is 32.2 Å². The van der Waals surface area contributed by atoms with E-state index in [1.807, 2.05) is 6.92 Å². The SMILES string of the molecule is Cc1ncnc(N2CCN(Cc3nc4ccc(F)cc4o3)CC2)c1I. The lowest BCUT2D eigenvalue weighted by molar-refractivity contribution is 0.228. The molecular formula is C17H17FIN5O. The van der Waals surface area contributed by atoms with Gasteiger partial charge in [0.05, 0.1) is 15.8 Å². The lowest BCUT2D eigenvalue weighted by atomic mass is 10.3. The molecule has 1 aromatic carbocycles. The Morgan fingerprint density at radius 2 is 2.00 bits per heavy atom. The summed E-state index contributed by atoms with van der Waals surface area (Å²) in [6.07, 6.45) is 1.62. The van der Waals surface area contributed by atoms with Crippen molar-refractivity contribution in [1.82, 2.24) is 19.9 Å². The maximum atomic E-state index is 13.3. The zero-order valence-corrected chi connectivity index (χ0v) is 15.9. The van der Waals surface area contributed by atoms with Crippen molar-refractivity contribution in [2.75, 3.05) is 31.1 Å². The molecule has 8 heteroatoms. The van der Waals surface area contributed by atoms with Gasteiger partial charge < -0.3 is 9.32 Å². The molecule has 0 unspecified atom stereocenters. The van der Waals surface area contributed by atoms with Crippen LogP contribution < -0.4 is 4.90 Å². The van der Waals surface area contributed by atoms with E-state index in [4.69, 9.17) is 4.42 Å². The van der Waals surface area contributed by atoms with E-state index in [0.29, 0.717) is 23.5 Å². The molecule has 1 aliphatic rings. The Kier molecular flexibility index (Phi) is 4.55. The first-order chi connectivity index (χ1) is 12.1. The molecule has 1 fully saturated rings. The van der Waals surface area contributed by atoms with Crippen LogP contribution in [-0.4, -0.2) is 46.0 Å². The molecule has 130 valence electrons. The summed E-state index contributed by atoms with van der Waals surface area (Å²) in [5.41, 5.74) is 2.20. The molecule has 1 saturated heterocycles. The standard InChI is InChI=1S/C17H17FIN5O/c1-11-16(19)17(21-10-20-11)24-6-4-23(5-7-24)9-15-22-13-3-2-12(18)8-14(13)25-15/h2-3,8,10H,4-7,9H2,1H3. The summed E-state index contributed by atoms with van der Waals surface area (Å²) in [4.78, 5) is 17.7. The number of rotatable bonds is 3. The van der Waals surface area contributed by atoms with Gasteiger partial charge in [0.25, 0.3) is 0 Å². The zero-order valence-electron chi connectivity index (χ0n) is 13.7. The molecule has 6 nitrogen and oxygen atoms in total. The summed E-state index contributed by atoms with van der Waals surface area (Å²) >= 11 is 2.31. The minimum atomic E-state index is -0.307. The van der Waals surface area contributed by atoms with Crippen molar-refractivity contribution in [2.24, 2.45) is 0 Å². The Bertz CT molecular complexity index is 907. The highest BCUT2D eigenvalue weighted by atomic mass is 127. The number of hydrogen-bond acceptors (Lipinski definition) is 6. The van der Waals surface area contributed by atoms with Gasteiger partial charge in [-0.05, 0) is 41.6 Å². The fourth-order valence-corrected chi connectivity index (χ4v) is 3.61. The topological polar surface area (TPSA) is 58.3 Å². The van der Waals surface area contributed by atoms with Crippen molar-refractivity contribution in [3.05, 3.63) is 45.5 Å². The van der Waals surface area contributed by atoms with Crippen LogP contribution in [0.1, 0.15) is 11.6 Å². The first-order valence-electron chi connectivity index (χ1n) is 8.09. The molecule has 4 rings (SSSR count). The van der Waals surface area contributed by atoms with Crippen LogP contribution in [0.2, 0.25) is 0 Å². The minimum absolute atomic E-state index is 0.307. The third-order valence-corrected chi connectivity index (χ3v) is 5.63. The number of piperazine rings is 1. The van der Waals surface area contributed by atoms with Crippen LogP contribution in [0, 0.1) is 16.3 Å². The lowest BCUT2D eigenvalue weighted by Crippen LogP contribution is -2.46. The van der Waals surface area contributed by atoms with Gasteiger partial charge in [0.1, 0.15) is 23.5 Å². The van der Waals surface area contributed by atoms with Crippen molar-refractivity contribution in [3.63, 3.8) is 0 Å². The second-order valence-electron chi connectivity index (χ2n) is 6.08. The van der Waals surface area contributed by atoms with Crippen LogP contribution in [0.25, 0.3) is 11.1 Å². The molecular weight excluding hydrogens is 436 g/mol. The first-order valence-corrected chi connectivity index (χ1v) is 9.17. The van der Waals surface area contributed by atoms with E-state index in [2.05, 4.69) is 47.3 Å². The van der Waals surface area contributed by atoms with E-state index in [1.54, 1.807) is 12.4 Å². The maximum absolute atomic E-state index is 13.3. The summed E-state index contributed by atoms with van der Waals surface area (Å²) < 4.78 is 20.0. The molecule has 0 radical (unpaired) electrons. The summed E-state index contributed by atoms with van der Waals surface area (Å²) in [6.45, 7) is 6.20. The van der Waals surface area contributed by atoms with Gasteiger partial charge in [-0.3, -0.25) is 4.90 Å². The Labute approximate surface area is 158 Å². The number of fused-ring (bicyclic) bond motifs is 1. The molecule has 0 saturated carbocycles. The quantitative estimate of drug-likeness (QED) is 0.569.